The number of benzene rings is 1. The monoisotopic (exact) mass is 298 g/mol. The van der Waals surface area contributed by atoms with E-state index in [1.807, 2.05) is 24.3 Å². The molecule has 0 aromatic heterocycles. The van der Waals surface area contributed by atoms with Crippen molar-refractivity contribution in [3.05, 3.63) is 34.3 Å². The molecule has 1 unspecified atom stereocenters. The van der Waals surface area contributed by atoms with Gasteiger partial charge >= 0.3 is 0 Å². The Labute approximate surface area is 111 Å². The van der Waals surface area contributed by atoms with Crippen molar-refractivity contribution in [2.75, 3.05) is 0 Å². The number of halogens is 1. The fourth-order valence-electron chi connectivity index (χ4n) is 1.58. The third-order valence-corrected chi connectivity index (χ3v) is 2.91. The summed E-state index contributed by atoms with van der Waals surface area (Å²) in [6, 6.07) is 7.44. The van der Waals surface area contributed by atoms with Crippen LogP contribution in [0.1, 0.15) is 25.8 Å². The minimum atomic E-state index is -0.415. The van der Waals surface area contributed by atoms with Crippen LogP contribution in [0, 0.1) is 5.92 Å². The molecule has 0 aliphatic rings. The molecule has 1 aromatic rings. The van der Waals surface area contributed by atoms with Gasteiger partial charge in [-0.2, -0.15) is 0 Å². The molecule has 1 amide bonds. The molecule has 3 nitrogen and oxygen atoms in total. The highest BCUT2D eigenvalue weighted by molar-refractivity contribution is 9.10. The van der Waals surface area contributed by atoms with Crippen LogP contribution in [0.25, 0.3) is 0 Å². The lowest BCUT2D eigenvalue weighted by Crippen LogP contribution is -2.41. The van der Waals surface area contributed by atoms with Crippen molar-refractivity contribution in [2.45, 2.75) is 32.9 Å². The van der Waals surface area contributed by atoms with Crippen LogP contribution >= 0.6 is 15.9 Å². The lowest BCUT2D eigenvalue weighted by Gasteiger charge is -2.14. The first-order chi connectivity index (χ1) is 7.99. The maximum absolute atomic E-state index is 11.7. The maximum atomic E-state index is 11.7. The third-order valence-electron chi connectivity index (χ3n) is 2.42. The molecule has 0 saturated carbocycles. The molecule has 0 bridgehead atoms. The molecule has 0 aliphatic heterocycles. The normalized spacial score (nSPS) is 12.5. The number of carbonyl (C=O) groups is 1. The fraction of sp³-hybridized carbons (Fsp3) is 0.462. The molecule has 1 atom stereocenters. The maximum Gasteiger partial charge on any atom is 0.237 e. The van der Waals surface area contributed by atoms with Crippen molar-refractivity contribution >= 4 is 21.8 Å². The van der Waals surface area contributed by atoms with Gasteiger partial charge in [-0.25, -0.2) is 0 Å². The Morgan fingerprint density at radius 1 is 1.47 bits per heavy atom. The molecular formula is C13H19BrN2O. The molecule has 1 aromatic carbocycles. The van der Waals surface area contributed by atoms with E-state index in [0.29, 0.717) is 18.9 Å². The van der Waals surface area contributed by atoms with Crippen LogP contribution < -0.4 is 11.1 Å². The number of rotatable bonds is 5. The van der Waals surface area contributed by atoms with Crippen molar-refractivity contribution in [1.29, 1.82) is 0 Å². The zero-order valence-corrected chi connectivity index (χ0v) is 11.8. The van der Waals surface area contributed by atoms with Gasteiger partial charge in [0.05, 0.1) is 6.04 Å². The van der Waals surface area contributed by atoms with Gasteiger partial charge in [0, 0.05) is 11.0 Å². The summed E-state index contributed by atoms with van der Waals surface area (Å²) in [5.41, 5.74) is 6.85. The SMILES string of the molecule is CC(C)CC(N)C(=O)NCc1cccc(Br)c1. The number of hydrogen-bond donors (Lipinski definition) is 2. The molecule has 0 radical (unpaired) electrons. The van der Waals surface area contributed by atoms with Gasteiger partial charge in [0.15, 0.2) is 0 Å². The molecule has 94 valence electrons. The van der Waals surface area contributed by atoms with E-state index in [4.69, 9.17) is 5.73 Å². The Balaban J connectivity index is 2.43. The van der Waals surface area contributed by atoms with Crippen molar-refractivity contribution < 1.29 is 4.79 Å². The standard InChI is InChI=1S/C13H19BrN2O/c1-9(2)6-12(15)13(17)16-8-10-4-3-5-11(14)7-10/h3-5,7,9,12H,6,8,15H2,1-2H3,(H,16,17). The van der Waals surface area contributed by atoms with Gasteiger partial charge in [-0.05, 0) is 30.0 Å². The second kappa shape index (κ2) is 6.77. The van der Waals surface area contributed by atoms with Crippen molar-refractivity contribution in [1.82, 2.24) is 5.32 Å². The quantitative estimate of drug-likeness (QED) is 0.877. The van der Waals surface area contributed by atoms with Crippen molar-refractivity contribution in [3.63, 3.8) is 0 Å². The van der Waals surface area contributed by atoms with Gasteiger partial charge in [0.1, 0.15) is 0 Å². The molecule has 4 heteroatoms. The van der Waals surface area contributed by atoms with E-state index in [1.54, 1.807) is 0 Å². The Hall–Kier alpha value is -0.870. The van der Waals surface area contributed by atoms with Crippen LogP contribution in [0.4, 0.5) is 0 Å². The van der Waals surface area contributed by atoms with E-state index in [9.17, 15) is 4.79 Å². The van der Waals surface area contributed by atoms with Crippen LogP contribution in [-0.4, -0.2) is 11.9 Å². The molecule has 0 heterocycles. The molecule has 0 fully saturated rings. The number of carbonyl (C=O) groups excluding carboxylic acids is 1. The van der Waals surface area contributed by atoms with E-state index in [2.05, 4.69) is 35.1 Å². The first-order valence-electron chi connectivity index (χ1n) is 5.76. The van der Waals surface area contributed by atoms with Gasteiger partial charge < -0.3 is 11.1 Å². The van der Waals surface area contributed by atoms with Crippen LogP contribution in [0.15, 0.2) is 28.7 Å². The van der Waals surface area contributed by atoms with E-state index >= 15 is 0 Å². The molecule has 1 rings (SSSR count). The molecule has 0 saturated heterocycles. The van der Waals surface area contributed by atoms with Crippen molar-refractivity contribution in [2.24, 2.45) is 11.7 Å². The fourth-order valence-corrected chi connectivity index (χ4v) is 2.03. The van der Waals surface area contributed by atoms with E-state index in [1.165, 1.54) is 0 Å². The second-order valence-electron chi connectivity index (χ2n) is 4.58. The molecule has 0 spiro atoms. The number of amides is 1. The lowest BCUT2D eigenvalue weighted by molar-refractivity contribution is -0.122. The Kier molecular flexibility index (Phi) is 5.65. The van der Waals surface area contributed by atoms with Gasteiger partial charge in [0.2, 0.25) is 5.91 Å². The van der Waals surface area contributed by atoms with Crippen LogP contribution in [0.5, 0.6) is 0 Å². The highest BCUT2D eigenvalue weighted by Gasteiger charge is 2.14. The molecule has 3 N–H and O–H groups in total. The van der Waals surface area contributed by atoms with E-state index < -0.39 is 6.04 Å². The van der Waals surface area contributed by atoms with Crippen LogP contribution in [-0.2, 0) is 11.3 Å². The Morgan fingerprint density at radius 2 is 2.18 bits per heavy atom. The van der Waals surface area contributed by atoms with E-state index in [-0.39, 0.29) is 5.91 Å². The predicted octanol–water partition coefficient (Wildman–Crippen LogP) is 2.44. The summed E-state index contributed by atoms with van der Waals surface area (Å²) < 4.78 is 1.01. The summed E-state index contributed by atoms with van der Waals surface area (Å²) in [6.45, 7) is 4.63. The average molecular weight is 299 g/mol. The zero-order valence-electron chi connectivity index (χ0n) is 10.2. The first-order valence-corrected chi connectivity index (χ1v) is 6.56. The zero-order chi connectivity index (χ0) is 12.8. The first kappa shape index (κ1) is 14.2. The summed E-state index contributed by atoms with van der Waals surface area (Å²) in [7, 11) is 0. The highest BCUT2D eigenvalue weighted by Crippen LogP contribution is 2.11. The Morgan fingerprint density at radius 3 is 2.76 bits per heavy atom. The van der Waals surface area contributed by atoms with Crippen LogP contribution in [0.3, 0.4) is 0 Å². The van der Waals surface area contributed by atoms with Gasteiger partial charge in [-0.1, -0.05) is 41.9 Å². The largest absolute Gasteiger partial charge is 0.351 e. The minimum absolute atomic E-state index is 0.0846. The summed E-state index contributed by atoms with van der Waals surface area (Å²) in [5.74, 6) is 0.347. The predicted molar refractivity (Wildman–Crippen MR) is 73.4 cm³/mol. The summed E-state index contributed by atoms with van der Waals surface area (Å²) in [4.78, 5) is 11.7. The Bertz CT molecular complexity index is 379. The number of nitrogens with two attached hydrogens (primary N) is 1. The van der Waals surface area contributed by atoms with Crippen molar-refractivity contribution in [3.8, 4) is 0 Å². The molecule has 17 heavy (non-hydrogen) atoms. The minimum Gasteiger partial charge on any atom is -0.351 e. The van der Waals surface area contributed by atoms with E-state index in [0.717, 1.165) is 10.0 Å². The smallest absolute Gasteiger partial charge is 0.237 e. The second-order valence-corrected chi connectivity index (χ2v) is 5.50. The van der Waals surface area contributed by atoms with Crippen LogP contribution in [0.2, 0.25) is 0 Å². The number of hydrogen-bond acceptors (Lipinski definition) is 2. The summed E-state index contributed by atoms with van der Waals surface area (Å²) in [5, 5.41) is 2.85. The molecule has 0 aliphatic carbocycles. The van der Waals surface area contributed by atoms with Gasteiger partial charge in [-0.3, -0.25) is 4.79 Å². The van der Waals surface area contributed by atoms with Gasteiger partial charge in [0.25, 0.3) is 0 Å². The lowest BCUT2D eigenvalue weighted by atomic mass is 10.0. The van der Waals surface area contributed by atoms with Gasteiger partial charge in [-0.15, -0.1) is 0 Å². The topological polar surface area (TPSA) is 55.1 Å². The average Bonchev–Trinajstić information content (AvgIpc) is 2.25. The summed E-state index contributed by atoms with van der Waals surface area (Å²) >= 11 is 3.39. The number of nitrogens with one attached hydrogen (secondary N) is 1. The third kappa shape index (κ3) is 5.33. The molecular weight excluding hydrogens is 280 g/mol. The highest BCUT2D eigenvalue weighted by atomic mass is 79.9. The summed E-state index contributed by atoms with van der Waals surface area (Å²) in [6.07, 6.45) is 0.713.